The van der Waals surface area contributed by atoms with Crippen molar-refractivity contribution in [2.45, 2.75) is 18.6 Å². The molecular weight excluding hydrogens is 268 g/mol. The summed E-state index contributed by atoms with van der Waals surface area (Å²) in [5.41, 5.74) is 0. The van der Waals surface area contributed by atoms with Crippen molar-refractivity contribution >= 4 is 6.03 Å². The summed E-state index contributed by atoms with van der Waals surface area (Å²) in [4.78, 5) is 15.4. The van der Waals surface area contributed by atoms with E-state index in [1.54, 1.807) is 9.80 Å². The van der Waals surface area contributed by atoms with E-state index < -0.39 is 0 Å². The zero-order chi connectivity index (χ0) is 14.7. The number of carbonyl (C=O) groups excluding carboxylic acids is 1. The number of ether oxygens (including phenoxy) is 1. The average Bonchev–Trinajstić information content (AvgIpc) is 2.91. The van der Waals surface area contributed by atoms with Crippen LogP contribution in [0, 0.1) is 11.5 Å². The normalized spacial score (nSPS) is 21.6. The second kappa shape index (κ2) is 5.92. The molecule has 0 aliphatic carbocycles. The molecule has 0 radical (unpaired) electrons. The number of carbonyl (C=O) groups is 1. The summed E-state index contributed by atoms with van der Waals surface area (Å²) in [5.74, 6) is 0.836. The molecular formula is C15H18N4O2. The third kappa shape index (κ3) is 3.19. The van der Waals surface area contributed by atoms with Crippen molar-refractivity contribution in [1.82, 2.24) is 15.1 Å². The minimum absolute atomic E-state index is 0.0623. The molecule has 0 spiro atoms. The molecule has 0 saturated carbocycles. The first-order valence-corrected chi connectivity index (χ1v) is 7.16. The number of hydrogen-bond acceptors (Lipinski definition) is 4. The van der Waals surface area contributed by atoms with Crippen LogP contribution in [-0.4, -0.2) is 54.2 Å². The van der Waals surface area contributed by atoms with E-state index in [0.717, 1.165) is 18.7 Å². The van der Waals surface area contributed by atoms with Crippen LogP contribution in [0.1, 0.15) is 6.42 Å². The maximum absolute atomic E-state index is 12.0. The second-order valence-corrected chi connectivity index (χ2v) is 5.44. The Bertz CT molecular complexity index is 536. The maximum atomic E-state index is 12.0. The van der Waals surface area contributed by atoms with Crippen molar-refractivity contribution in [3.05, 3.63) is 30.3 Å². The number of rotatable bonds is 3. The van der Waals surface area contributed by atoms with Gasteiger partial charge < -0.3 is 19.9 Å². The van der Waals surface area contributed by atoms with Crippen LogP contribution >= 0.6 is 0 Å². The lowest BCUT2D eigenvalue weighted by Crippen LogP contribution is -2.60. The summed E-state index contributed by atoms with van der Waals surface area (Å²) < 4.78 is 5.76. The van der Waals surface area contributed by atoms with E-state index in [9.17, 15) is 4.79 Å². The fourth-order valence-corrected chi connectivity index (χ4v) is 2.60. The number of nitrogens with one attached hydrogen (secondary N) is 1. The summed E-state index contributed by atoms with van der Waals surface area (Å²) in [6.07, 6.45) is 3.00. The van der Waals surface area contributed by atoms with Crippen molar-refractivity contribution in [2.75, 3.05) is 26.2 Å². The highest BCUT2D eigenvalue weighted by molar-refractivity contribution is 5.75. The minimum Gasteiger partial charge on any atom is -0.487 e. The first-order chi connectivity index (χ1) is 10.2. The highest BCUT2D eigenvalue weighted by Crippen LogP contribution is 2.18. The molecule has 2 aliphatic heterocycles. The zero-order valence-corrected chi connectivity index (χ0v) is 11.7. The van der Waals surface area contributed by atoms with Crippen LogP contribution in [0.5, 0.6) is 5.75 Å². The highest BCUT2D eigenvalue weighted by Gasteiger charge is 2.34. The minimum atomic E-state index is -0.0623. The van der Waals surface area contributed by atoms with Gasteiger partial charge in [0.2, 0.25) is 0 Å². The SMILES string of the molecule is N#CN1CC[C@@H](NC(=O)N2CC(Oc3ccccc3)C2)C1. The highest BCUT2D eigenvalue weighted by atomic mass is 16.5. The van der Waals surface area contributed by atoms with Gasteiger partial charge in [-0.1, -0.05) is 18.2 Å². The van der Waals surface area contributed by atoms with E-state index in [1.165, 1.54) is 0 Å². The summed E-state index contributed by atoms with van der Waals surface area (Å²) in [7, 11) is 0. The molecule has 1 N–H and O–H groups in total. The number of urea groups is 1. The molecule has 6 heteroatoms. The van der Waals surface area contributed by atoms with E-state index in [0.29, 0.717) is 19.6 Å². The lowest BCUT2D eigenvalue weighted by molar-refractivity contribution is 0.0436. The first kappa shape index (κ1) is 13.6. The van der Waals surface area contributed by atoms with E-state index in [4.69, 9.17) is 10.00 Å². The molecule has 0 bridgehead atoms. The molecule has 0 aromatic heterocycles. The van der Waals surface area contributed by atoms with Gasteiger partial charge in [-0.2, -0.15) is 5.26 Å². The molecule has 0 unspecified atom stereocenters. The quantitative estimate of drug-likeness (QED) is 0.842. The van der Waals surface area contributed by atoms with Gasteiger partial charge in [0.15, 0.2) is 6.19 Å². The van der Waals surface area contributed by atoms with Gasteiger partial charge in [-0.25, -0.2) is 4.79 Å². The zero-order valence-electron chi connectivity index (χ0n) is 11.7. The molecule has 1 atom stereocenters. The Morgan fingerprint density at radius 2 is 2.05 bits per heavy atom. The number of para-hydroxylation sites is 1. The third-order valence-electron chi connectivity index (χ3n) is 3.84. The standard InChI is InChI=1S/C15H18N4O2/c16-11-18-7-6-12(8-18)17-15(20)19-9-14(10-19)21-13-4-2-1-3-5-13/h1-5,12,14H,6-10H2,(H,17,20)/t12-/m1/s1. The molecule has 6 nitrogen and oxygen atoms in total. The fraction of sp³-hybridized carbons (Fsp3) is 0.467. The molecule has 2 heterocycles. The van der Waals surface area contributed by atoms with Gasteiger partial charge in [-0.3, -0.25) is 0 Å². The summed E-state index contributed by atoms with van der Waals surface area (Å²) >= 11 is 0. The molecule has 2 fully saturated rings. The van der Waals surface area contributed by atoms with Crippen LogP contribution in [0.15, 0.2) is 30.3 Å². The molecule has 2 saturated heterocycles. The lowest BCUT2D eigenvalue weighted by atomic mass is 10.1. The fourth-order valence-electron chi connectivity index (χ4n) is 2.60. The third-order valence-corrected chi connectivity index (χ3v) is 3.84. The Morgan fingerprint density at radius 3 is 2.71 bits per heavy atom. The predicted octanol–water partition coefficient (Wildman–Crippen LogP) is 1.01. The van der Waals surface area contributed by atoms with Crippen molar-refractivity contribution in [3.8, 4) is 11.9 Å². The number of hydrogen-bond donors (Lipinski definition) is 1. The number of nitrogens with zero attached hydrogens (tertiary/aromatic N) is 3. The van der Waals surface area contributed by atoms with Gasteiger partial charge in [-0.05, 0) is 18.6 Å². The number of amides is 2. The largest absolute Gasteiger partial charge is 0.487 e. The van der Waals surface area contributed by atoms with Crippen LogP contribution in [-0.2, 0) is 0 Å². The van der Waals surface area contributed by atoms with E-state index in [1.807, 2.05) is 30.3 Å². The van der Waals surface area contributed by atoms with Gasteiger partial charge >= 0.3 is 6.03 Å². The predicted molar refractivity (Wildman–Crippen MR) is 76.6 cm³/mol. The molecule has 2 amide bonds. The molecule has 3 rings (SSSR count). The van der Waals surface area contributed by atoms with Crippen LogP contribution in [0.25, 0.3) is 0 Å². The Labute approximate surface area is 123 Å². The first-order valence-electron chi connectivity index (χ1n) is 7.16. The van der Waals surface area contributed by atoms with E-state index in [-0.39, 0.29) is 18.2 Å². The average molecular weight is 286 g/mol. The van der Waals surface area contributed by atoms with Gasteiger partial charge in [0, 0.05) is 13.1 Å². The van der Waals surface area contributed by atoms with E-state index >= 15 is 0 Å². The Kier molecular flexibility index (Phi) is 3.82. The Balaban J connectivity index is 1.40. The van der Waals surface area contributed by atoms with Crippen molar-refractivity contribution in [3.63, 3.8) is 0 Å². The van der Waals surface area contributed by atoms with Gasteiger partial charge in [0.25, 0.3) is 0 Å². The summed E-state index contributed by atoms with van der Waals surface area (Å²) in [5, 5.41) is 11.8. The van der Waals surface area contributed by atoms with Crippen LogP contribution in [0.2, 0.25) is 0 Å². The number of likely N-dealkylation sites (tertiary alicyclic amines) is 2. The number of nitriles is 1. The van der Waals surface area contributed by atoms with E-state index in [2.05, 4.69) is 11.5 Å². The number of benzene rings is 1. The van der Waals surface area contributed by atoms with Gasteiger partial charge in [0.1, 0.15) is 11.9 Å². The van der Waals surface area contributed by atoms with Crippen LogP contribution in [0.3, 0.4) is 0 Å². The molecule has 2 aliphatic rings. The van der Waals surface area contributed by atoms with Gasteiger partial charge in [-0.15, -0.1) is 0 Å². The smallest absolute Gasteiger partial charge is 0.317 e. The van der Waals surface area contributed by atoms with Gasteiger partial charge in [0.05, 0.1) is 19.1 Å². The van der Waals surface area contributed by atoms with Crippen LogP contribution in [0.4, 0.5) is 4.79 Å². The topological polar surface area (TPSA) is 68.6 Å². The molecule has 1 aromatic rings. The second-order valence-electron chi connectivity index (χ2n) is 5.44. The van der Waals surface area contributed by atoms with Crippen molar-refractivity contribution in [1.29, 1.82) is 5.26 Å². The summed E-state index contributed by atoms with van der Waals surface area (Å²) in [6.45, 7) is 2.55. The summed E-state index contributed by atoms with van der Waals surface area (Å²) in [6, 6.07) is 9.65. The molecule has 110 valence electrons. The monoisotopic (exact) mass is 286 g/mol. The van der Waals surface area contributed by atoms with Crippen molar-refractivity contribution < 1.29 is 9.53 Å². The maximum Gasteiger partial charge on any atom is 0.317 e. The van der Waals surface area contributed by atoms with Crippen LogP contribution < -0.4 is 10.1 Å². The van der Waals surface area contributed by atoms with Crippen molar-refractivity contribution in [2.24, 2.45) is 0 Å². The lowest BCUT2D eigenvalue weighted by Gasteiger charge is -2.39. The molecule has 1 aromatic carbocycles. The Morgan fingerprint density at radius 1 is 1.29 bits per heavy atom. The Hall–Kier alpha value is -2.42. The molecule has 21 heavy (non-hydrogen) atoms.